The number of hydrogen-bond acceptors (Lipinski definition) is 8. The minimum absolute atomic E-state index is 1.14. The first-order chi connectivity index (χ1) is 67.5. The molecule has 4 heterocycles. The number of benzene rings is 22. The largest absolute Gasteiger partial charge is 0.309 e. The van der Waals surface area contributed by atoms with Gasteiger partial charge in [-0.2, -0.15) is 0 Å². The second-order valence-electron chi connectivity index (χ2n) is 33.7. The molecule has 0 amide bonds. The highest BCUT2D eigenvalue weighted by Crippen LogP contribution is 2.52. The lowest BCUT2D eigenvalue weighted by atomic mass is 10.0. The topological polar surface area (TPSA) is 13.0 Å². The highest BCUT2D eigenvalue weighted by Gasteiger charge is 2.25. The van der Waals surface area contributed by atoms with Crippen molar-refractivity contribution in [3.05, 3.63) is 534 Å². The van der Waals surface area contributed by atoms with Gasteiger partial charge in [0.15, 0.2) is 0 Å². The number of nitrogens with zero attached hydrogens (tertiary/aromatic N) is 4. The van der Waals surface area contributed by atoms with Crippen LogP contribution in [-0.2, 0) is 0 Å². The molecule has 136 heavy (non-hydrogen) atoms. The molecule has 0 saturated carbocycles. The average Bonchev–Trinajstić information content (AvgIpc) is 1.81. The van der Waals surface area contributed by atoms with Gasteiger partial charge in [-0.15, -0.1) is 45.3 Å². The van der Waals surface area contributed by atoms with Gasteiger partial charge >= 0.3 is 0 Å². The molecule has 26 rings (SSSR count). The highest BCUT2D eigenvalue weighted by atomic mass is 32.1. The lowest BCUT2D eigenvalue weighted by Crippen LogP contribution is -2.10. The van der Waals surface area contributed by atoms with Gasteiger partial charge in [-0.1, -0.05) is 400 Å². The minimum atomic E-state index is 1.14. The third-order valence-corrected chi connectivity index (χ3v) is 30.3. The lowest BCUT2D eigenvalue weighted by molar-refractivity contribution is 1.30. The van der Waals surface area contributed by atoms with E-state index in [0.717, 1.165) is 28.4 Å². The molecule has 26 aromatic rings. The molecule has 0 N–H and O–H groups in total. The van der Waals surface area contributed by atoms with E-state index in [1.165, 1.54) is 187 Å². The Morgan fingerprint density at radius 3 is 0.566 bits per heavy atom. The lowest BCUT2D eigenvalue weighted by Gasteiger charge is -2.27. The summed E-state index contributed by atoms with van der Waals surface area (Å²) in [6, 6.07) is 191. The van der Waals surface area contributed by atoms with Gasteiger partial charge in [0, 0.05) is 107 Å². The molecule has 644 valence electrons. The Bertz CT molecular complexity index is 8610. The van der Waals surface area contributed by atoms with Crippen molar-refractivity contribution in [3.8, 4) is 44.5 Å². The molecule has 0 aliphatic carbocycles. The van der Waals surface area contributed by atoms with E-state index < -0.39 is 0 Å². The van der Waals surface area contributed by atoms with Crippen LogP contribution in [0.1, 0.15) is 0 Å². The second-order valence-corrected chi connectivity index (χ2v) is 37.9. The van der Waals surface area contributed by atoms with Crippen LogP contribution in [0.25, 0.3) is 147 Å². The number of thiophene rings is 4. The Labute approximate surface area is 807 Å². The molecular weight excluding hydrogens is 1720 g/mol. The van der Waals surface area contributed by atoms with Gasteiger partial charge in [0.1, 0.15) is 0 Å². The maximum absolute atomic E-state index is 2.43. The van der Waals surface area contributed by atoms with Gasteiger partial charge in [-0.25, -0.2) is 0 Å². The van der Waals surface area contributed by atoms with Crippen LogP contribution in [0, 0.1) is 0 Å². The zero-order valence-electron chi connectivity index (χ0n) is 74.2. The van der Waals surface area contributed by atoms with Crippen molar-refractivity contribution in [3.63, 3.8) is 0 Å². The number of hydrogen-bond donors (Lipinski definition) is 0. The van der Waals surface area contributed by atoms with E-state index in [2.05, 4.69) is 553 Å². The Balaban J connectivity index is 0.000000102. The normalized spacial score (nSPS) is 11.2. The second kappa shape index (κ2) is 38.0. The Kier molecular flexibility index (Phi) is 23.4. The summed E-state index contributed by atoms with van der Waals surface area (Å²) in [5.41, 5.74) is 23.9. The maximum atomic E-state index is 2.43. The zero-order chi connectivity index (χ0) is 90.5. The molecular formula is C128H88N4S4. The van der Waals surface area contributed by atoms with Crippen LogP contribution in [0.2, 0.25) is 0 Å². The summed E-state index contributed by atoms with van der Waals surface area (Å²) in [6.07, 6.45) is 0. The molecule has 0 bridgehead atoms. The van der Waals surface area contributed by atoms with Gasteiger partial charge in [0.05, 0.1) is 52.9 Å². The predicted octanol–water partition coefficient (Wildman–Crippen LogP) is 39.1. The number of para-hydroxylation sites is 2. The fraction of sp³-hybridized carbons (Fsp3) is 0. The number of anilines is 12. The molecule has 22 aromatic carbocycles. The van der Waals surface area contributed by atoms with E-state index in [1.54, 1.807) is 0 Å². The summed E-state index contributed by atoms with van der Waals surface area (Å²) >= 11 is 7.47. The molecule has 0 radical (unpaired) electrons. The van der Waals surface area contributed by atoms with Gasteiger partial charge in [0.25, 0.3) is 0 Å². The zero-order valence-corrected chi connectivity index (χ0v) is 77.5. The Morgan fingerprint density at radius 2 is 0.287 bits per heavy atom. The number of rotatable bonds is 16. The molecule has 0 aliphatic heterocycles. The number of fused-ring (bicyclic) bond motifs is 14. The first-order valence-electron chi connectivity index (χ1n) is 46.0. The fourth-order valence-corrected chi connectivity index (χ4v) is 23.8. The third-order valence-electron chi connectivity index (χ3n) is 25.5. The van der Waals surface area contributed by atoms with Crippen molar-refractivity contribution in [2.45, 2.75) is 0 Å². The van der Waals surface area contributed by atoms with E-state index in [4.69, 9.17) is 0 Å². The standard InChI is InChI=1S/C36H25NS.C34H23NS.C30H21NS.C28H19NS/c1-3-10-26(11-4-1)28-18-22-30(23-19-28)37(31-24-20-29(21-25-31)27-12-5-2-6-13-27)34-16-9-15-33-32-14-7-8-17-35(32)38-36(33)34;1-2-10-24(11-3-1)25-20-22-27(23-21-25)35(31-17-8-13-26-12-4-5-14-28(26)31)32-18-9-16-30-29-15-6-7-19-33(29)36-34(30)32;1-3-10-22(11-4-1)23-18-20-25(21-19-23)31(24-12-5-2-6-13-24)28-16-9-15-27-26-14-7-8-17-29(26)32-30(27)28;1-2-12-21(13-3-1)29(25-17-8-11-20-10-4-5-14-22(20)25)26-18-9-16-24-23-15-6-7-19-27(23)30-28(24)26/h1-25H;1-23H;1-21H;1-19H. The molecule has 0 aliphatic rings. The van der Waals surface area contributed by atoms with Crippen molar-refractivity contribution >= 4 is 216 Å². The SMILES string of the molecule is c1ccc(-c2ccc(N(c3ccc(-c4ccccc4)cc3)c3cccc4c3sc3ccccc34)cc2)cc1.c1ccc(-c2ccc(N(c3cccc4ccccc34)c3cccc4c3sc3ccccc34)cc2)cc1.c1ccc(-c2ccc(N(c3ccccc3)c3cccc4c3sc3ccccc34)cc2)cc1.c1ccc(N(c2cccc3ccccc23)c2cccc3c2sc2ccccc23)cc1. The van der Waals surface area contributed by atoms with Crippen LogP contribution in [-0.4, -0.2) is 0 Å². The third kappa shape index (κ3) is 16.6. The van der Waals surface area contributed by atoms with Crippen LogP contribution in [0.4, 0.5) is 68.2 Å². The quantitative estimate of drug-likeness (QED) is 0.0956. The van der Waals surface area contributed by atoms with Crippen LogP contribution < -0.4 is 19.6 Å². The van der Waals surface area contributed by atoms with Crippen LogP contribution >= 0.6 is 45.3 Å². The Hall–Kier alpha value is -16.6. The monoisotopic (exact) mass is 1810 g/mol. The van der Waals surface area contributed by atoms with Crippen molar-refractivity contribution in [2.75, 3.05) is 19.6 Å². The Morgan fingerprint density at radius 1 is 0.110 bits per heavy atom. The van der Waals surface area contributed by atoms with Gasteiger partial charge in [-0.05, 0) is 189 Å². The van der Waals surface area contributed by atoms with E-state index >= 15 is 0 Å². The smallest absolute Gasteiger partial charge is 0.0640 e. The first-order valence-corrected chi connectivity index (χ1v) is 49.3. The fourth-order valence-electron chi connectivity index (χ4n) is 19.0. The molecule has 8 heteroatoms. The van der Waals surface area contributed by atoms with E-state index in [1.807, 2.05) is 45.3 Å². The molecule has 0 saturated heterocycles. The van der Waals surface area contributed by atoms with E-state index in [-0.39, 0.29) is 0 Å². The molecule has 0 spiro atoms. The van der Waals surface area contributed by atoms with Crippen molar-refractivity contribution in [2.24, 2.45) is 0 Å². The molecule has 0 atom stereocenters. The summed E-state index contributed by atoms with van der Waals surface area (Å²) in [4.78, 5) is 9.59. The van der Waals surface area contributed by atoms with Gasteiger partial charge < -0.3 is 19.6 Å². The minimum Gasteiger partial charge on any atom is -0.309 e. The van der Waals surface area contributed by atoms with Crippen molar-refractivity contribution in [1.29, 1.82) is 0 Å². The first kappa shape index (κ1) is 83.8. The van der Waals surface area contributed by atoms with Crippen LogP contribution in [0.5, 0.6) is 0 Å². The molecule has 0 unspecified atom stereocenters. The van der Waals surface area contributed by atoms with E-state index in [9.17, 15) is 0 Å². The van der Waals surface area contributed by atoms with Crippen LogP contribution in [0.15, 0.2) is 534 Å². The van der Waals surface area contributed by atoms with Crippen molar-refractivity contribution < 1.29 is 0 Å². The highest BCUT2D eigenvalue weighted by molar-refractivity contribution is 7.27. The van der Waals surface area contributed by atoms with E-state index in [0.29, 0.717) is 0 Å². The summed E-state index contributed by atoms with van der Waals surface area (Å²) in [5.74, 6) is 0. The van der Waals surface area contributed by atoms with Gasteiger partial charge in [0.2, 0.25) is 0 Å². The van der Waals surface area contributed by atoms with Crippen LogP contribution in [0.3, 0.4) is 0 Å². The molecule has 0 fully saturated rings. The summed E-state index contributed by atoms with van der Waals surface area (Å²) in [5, 5.41) is 15.5. The summed E-state index contributed by atoms with van der Waals surface area (Å²) in [7, 11) is 0. The van der Waals surface area contributed by atoms with Gasteiger partial charge in [-0.3, -0.25) is 0 Å². The molecule has 4 nitrogen and oxygen atoms in total. The average molecular weight is 1810 g/mol. The predicted molar refractivity (Wildman–Crippen MR) is 593 cm³/mol. The summed E-state index contributed by atoms with van der Waals surface area (Å²) in [6.45, 7) is 0. The van der Waals surface area contributed by atoms with Crippen molar-refractivity contribution in [1.82, 2.24) is 0 Å². The molecule has 4 aromatic heterocycles. The summed E-state index contributed by atoms with van der Waals surface area (Å²) < 4.78 is 10.5. The maximum Gasteiger partial charge on any atom is 0.0640 e.